The highest BCUT2D eigenvalue weighted by Gasteiger charge is 2.38. The van der Waals surface area contributed by atoms with Crippen LogP contribution < -0.4 is 10.1 Å². The molecule has 5 rings (SSSR count). The Balaban J connectivity index is 1.40. The zero-order valence-corrected chi connectivity index (χ0v) is 20.3. The molecule has 2 aliphatic rings. The smallest absolute Gasteiger partial charge is 0.343 e. The Bertz CT molecular complexity index is 1400. The van der Waals surface area contributed by atoms with Crippen LogP contribution in [-0.4, -0.2) is 23.5 Å². The number of hydrogen-bond donors (Lipinski definition) is 1. The number of esters is 2. The number of anilines is 1. The van der Waals surface area contributed by atoms with Gasteiger partial charge in [-0.2, -0.15) is 0 Å². The second kappa shape index (κ2) is 10.3. The van der Waals surface area contributed by atoms with E-state index >= 15 is 0 Å². The molecule has 1 heterocycles. The van der Waals surface area contributed by atoms with Crippen LogP contribution in [0.3, 0.4) is 0 Å². The maximum absolute atomic E-state index is 13.1. The van der Waals surface area contributed by atoms with Gasteiger partial charge in [-0.05, 0) is 60.2 Å². The van der Waals surface area contributed by atoms with Crippen molar-refractivity contribution in [1.82, 2.24) is 0 Å². The van der Waals surface area contributed by atoms with E-state index in [9.17, 15) is 19.7 Å². The highest BCUT2D eigenvalue weighted by atomic mass is 16.6. The van der Waals surface area contributed by atoms with Crippen LogP contribution in [0.5, 0.6) is 5.75 Å². The third kappa shape index (κ3) is 4.82. The van der Waals surface area contributed by atoms with Crippen LogP contribution in [0.2, 0.25) is 0 Å². The first kappa shape index (κ1) is 24.2. The lowest BCUT2D eigenvalue weighted by atomic mass is 9.76. The van der Waals surface area contributed by atoms with Gasteiger partial charge >= 0.3 is 11.9 Å². The van der Waals surface area contributed by atoms with Gasteiger partial charge in [-0.25, -0.2) is 9.59 Å². The zero-order chi connectivity index (χ0) is 25.9. The summed E-state index contributed by atoms with van der Waals surface area (Å²) in [4.78, 5) is 36.4. The average molecular weight is 499 g/mol. The number of fused-ring (bicyclic) bond motifs is 3. The van der Waals surface area contributed by atoms with E-state index in [0.717, 1.165) is 23.2 Å². The molecular formula is C29H26N2O6. The Morgan fingerprint density at radius 2 is 1.89 bits per heavy atom. The van der Waals surface area contributed by atoms with Gasteiger partial charge in [0.1, 0.15) is 11.3 Å². The predicted octanol–water partition coefficient (Wildman–Crippen LogP) is 6.21. The van der Waals surface area contributed by atoms with Crippen molar-refractivity contribution in [3.8, 4) is 5.75 Å². The number of nitro groups is 1. The van der Waals surface area contributed by atoms with Crippen molar-refractivity contribution in [3.63, 3.8) is 0 Å². The Morgan fingerprint density at radius 3 is 2.70 bits per heavy atom. The number of rotatable bonds is 7. The minimum Gasteiger partial charge on any atom is -0.462 e. The molecule has 0 saturated heterocycles. The van der Waals surface area contributed by atoms with E-state index in [1.807, 2.05) is 25.1 Å². The normalized spacial score (nSPS) is 19.3. The van der Waals surface area contributed by atoms with E-state index in [0.29, 0.717) is 12.0 Å². The standard InChI is InChI=1S/C29H26N2O6/c1-2-15-36-29(33)23-9-3-4-12-26(23)37-28(32)19-13-14-25-24(17-19)21-10-6-11-22(21)27(30-25)18-7-5-8-20(16-18)31(34)35/h3-10,12-14,16-17,21-22,27,30H,2,11,15H2,1H3/t21-,22+,27-/m0/s1. The molecule has 3 aromatic carbocycles. The topological polar surface area (TPSA) is 108 Å². The fourth-order valence-electron chi connectivity index (χ4n) is 5.04. The van der Waals surface area contributed by atoms with Gasteiger partial charge in [0.05, 0.1) is 23.1 Å². The highest BCUT2D eigenvalue weighted by molar-refractivity contribution is 5.96. The molecular weight excluding hydrogens is 472 g/mol. The van der Waals surface area contributed by atoms with E-state index < -0.39 is 11.9 Å². The van der Waals surface area contributed by atoms with Crippen molar-refractivity contribution in [3.05, 3.63) is 111 Å². The van der Waals surface area contributed by atoms with Crippen LogP contribution in [0.15, 0.2) is 78.9 Å². The fraction of sp³-hybridized carbons (Fsp3) is 0.241. The quantitative estimate of drug-likeness (QED) is 0.136. The maximum Gasteiger partial charge on any atom is 0.343 e. The average Bonchev–Trinajstić information content (AvgIpc) is 3.42. The summed E-state index contributed by atoms with van der Waals surface area (Å²) in [7, 11) is 0. The van der Waals surface area contributed by atoms with Crippen molar-refractivity contribution in [1.29, 1.82) is 0 Å². The van der Waals surface area contributed by atoms with Crippen molar-refractivity contribution >= 4 is 23.3 Å². The summed E-state index contributed by atoms with van der Waals surface area (Å²) in [6.45, 7) is 2.19. The Morgan fingerprint density at radius 1 is 1.05 bits per heavy atom. The number of para-hydroxylation sites is 1. The minimum atomic E-state index is -0.571. The van der Waals surface area contributed by atoms with Gasteiger partial charge in [0.15, 0.2) is 0 Å². The second-order valence-corrected chi connectivity index (χ2v) is 9.15. The molecule has 0 saturated carbocycles. The molecule has 37 heavy (non-hydrogen) atoms. The van der Waals surface area contributed by atoms with Crippen LogP contribution in [0, 0.1) is 16.0 Å². The lowest BCUT2D eigenvalue weighted by molar-refractivity contribution is -0.384. The summed E-state index contributed by atoms with van der Waals surface area (Å²) in [6.07, 6.45) is 5.74. The zero-order valence-electron chi connectivity index (χ0n) is 20.3. The number of allylic oxidation sites excluding steroid dienone is 2. The summed E-state index contributed by atoms with van der Waals surface area (Å²) in [5.41, 5.74) is 3.31. The number of hydrogen-bond acceptors (Lipinski definition) is 7. The first-order valence-corrected chi connectivity index (χ1v) is 12.3. The number of nitro benzene ring substituents is 1. The van der Waals surface area contributed by atoms with Crippen LogP contribution in [0.4, 0.5) is 11.4 Å². The Hall–Kier alpha value is -4.46. The minimum absolute atomic E-state index is 0.0459. The molecule has 1 N–H and O–H groups in total. The molecule has 0 amide bonds. The van der Waals surface area contributed by atoms with Gasteiger partial charge in [-0.1, -0.05) is 43.3 Å². The van der Waals surface area contributed by atoms with E-state index in [4.69, 9.17) is 9.47 Å². The number of ether oxygens (including phenoxy) is 2. The first-order chi connectivity index (χ1) is 18.0. The molecule has 0 spiro atoms. The van der Waals surface area contributed by atoms with Crippen molar-refractivity contribution in [2.75, 3.05) is 11.9 Å². The summed E-state index contributed by atoms with van der Waals surface area (Å²) < 4.78 is 10.8. The van der Waals surface area contributed by atoms with Gasteiger partial charge < -0.3 is 14.8 Å². The third-order valence-corrected chi connectivity index (χ3v) is 6.79. The number of carbonyl (C=O) groups excluding carboxylic acids is 2. The van der Waals surface area contributed by atoms with Crippen molar-refractivity contribution < 1.29 is 24.0 Å². The van der Waals surface area contributed by atoms with Crippen molar-refractivity contribution in [2.45, 2.75) is 31.7 Å². The molecule has 1 aliphatic heterocycles. The molecule has 8 nitrogen and oxygen atoms in total. The summed E-state index contributed by atoms with van der Waals surface area (Å²) in [5, 5.41) is 14.8. The largest absolute Gasteiger partial charge is 0.462 e. The SMILES string of the molecule is CCCOC(=O)c1ccccc1OC(=O)c1ccc2c(c1)[C@H]1C=CC[C@H]1[C@H](c1cccc([N+](=O)[O-])c1)N2. The highest BCUT2D eigenvalue weighted by Crippen LogP contribution is 2.50. The van der Waals surface area contributed by atoms with Gasteiger partial charge in [0, 0.05) is 23.7 Å². The molecule has 0 unspecified atom stereocenters. The number of non-ortho nitro benzene ring substituents is 1. The fourth-order valence-corrected chi connectivity index (χ4v) is 5.04. The van der Waals surface area contributed by atoms with E-state index in [-0.39, 0.29) is 46.4 Å². The van der Waals surface area contributed by atoms with Gasteiger partial charge in [-0.3, -0.25) is 10.1 Å². The van der Waals surface area contributed by atoms with Gasteiger partial charge in [0.2, 0.25) is 0 Å². The number of carbonyl (C=O) groups is 2. The summed E-state index contributed by atoms with van der Waals surface area (Å²) in [6, 6.07) is 18.5. The molecule has 0 fully saturated rings. The molecule has 8 heteroatoms. The summed E-state index contributed by atoms with van der Waals surface area (Å²) >= 11 is 0. The maximum atomic E-state index is 13.1. The van der Waals surface area contributed by atoms with E-state index in [2.05, 4.69) is 17.5 Å². The molecule has 3 aromatic rings. The van der Waals surface area contributed by atoms with E-state index in [1.54, 1.807) is 42.5 Å². The molecule has 188 valence electrons. The van der Waals surface area contributed by atoms with E-state index in [1.165, 1.54) is 6.07 Å². The van der Waals surface area contributed by atoms with Gasteiger partial charge in [-0.15, -0.1) is 0 Å². The third-order valence-electron chi connectivity index (χ3n) is 6.79. The molecule has 0 aromatic heterocycles. The van der Waals surface area contributed by atoms with Crippen LogP contribution in [-0.2, 0) is 4.74 Å². The molecule has 3 atom stereocenters. The molecule has 1 aliphatic carbocycles. The van der Waals surface area contributed by atoms with Crippen molar-refractivity contribution in [2.24, 2.45) is 5.92 Å². The van der Waals surface area contributed by atoms with Gasteiger partial charge in [0.25, 0.3) is 5.69 Å². The lowest BCUT2D eigenvalue weighted by Gasteiger charge is -2.37. The monoisotopic (exact) mass is 498 g/mol. The number of benzene rings is 3. The predicted molar refractivity (Wildman–Crippen MR) is 138 cm³/mol. The van der Waals surface area contributed by atoms with Crippen LogP contribution in [0.1, 0.15) is 63.6 Å². The number of nitrogens with zero attached hydrogens (tertiary/aromatic N) is 1. The molecule has 0 radical (unpaired) electrons. The Kier molecular flexibility index (Phi) is 6.72. The number of nitrogens with one attached hydrogen (secondary N) is 1. The summed E-state index contributed by atoms with van der Waals surface area (Å²) in [5.74, 6) is -0.767. The molecule has 0 bridgehead atoms. The first-order valence-electron chi connectivity index (χ1n) is 12.3. The second-order valence-electron chi connectivity index (χ2n) is 9.15. The van der Waals surface area contributed by atoms with Crippen LogP contribution >= 0.6 is 0 Å². The lowest BCUT2D eigenvalue weighted by Crippen LogP contribution is -2.29. The Labute approximate surface area is 214 Å². The van der Waals surface area contributed by atoms with Crippen LogP contribution in [0.25, 0.3) is 0 Å².